The van der Waals surface area contributed by atoms with E-state index < -0.39 is 17.1 Å². The zero-order chi connectivity index (χ0) is 29.9. The molecule has 3 aliphatic carbocycles. The summed E-state index contributed by atoms with van der Waals surface area (Å²) in [5.41, 5.74) is 2.50. The van der Waals surface area contributed by atoms with Crippen molar-refractivity contribution in [3.8, 4) is 11.5 Å². The number of rotatable bonds is 8. The lowest BCUT2D eigenvalue weighted by Gasteiger charge is -2.65. The van der Waals surface area contributed by atoms with Crippen molar-refractivity contribution in [2.75, 3.05) is 13.1 Å². The average molecular weight is 591 g/mol. The molecule has 7 nitrogen and oxygen atoms in total. The van der Waals surface area contributed by atoms with E-state index in [0.717, 1.165) is 48.2 Å². The monoisotopic (exact) mass is 590 g/mol. The number of ether oxygens (including phenoxy) is 2. The SMILES string of the molecule is O=C(/C=C/c1ccccc1)N[C@@H]1CC[C@@]2(OC(=O)Cc3ccccc3)[C@H]3Cc4ccc(O)c5c4[C@@]2(CCN3CC2CC2)[C@H]1O5. The maximum absolute atomic E-state index is 13.9. The molecule has 0 unspecified atom stereocenters. The molecule has 2 bridgehead atoms. The Bertz CT molecular complexity index is 1620. The zero-order valence-corrected chi connectivity index (χ0v) is 24.8. The number of benzene rings is 3. The number of esters is 1. The Morgan fingerprint density at radius 2 is 1.77 bits per heavy atom. The zero-order valence-electron chi connectivity index (χ0n) is 24.8. The fourth-order valence-corrected chi connectivity index (χ4v) is 8.78. The predicted octanol–water partition coefficient (Wildman–Crippen LogP) is 4.95. The van der Waals surface area contributed by atoms with Crippen LogP contribution in [-0.4, -0.2) is 58.8 Å². The van der Waals surface area contributed by atoms with Gasteiger partial charge in [-0.2, -0.15) is 0 Å². The van der Waals surface area contributed by atoms with Crippen LogP contribution in [0.25, 0.3) is 6.08 Å². The van der Waals surface area contributed by atoms with Crippen molar-refractivity contribution >= 4 is 18.0 Å². The van der Waals surface area contributed by atoms with Gasteiger partial charge in [0.2, 0.25) is 5.91 Å². The quantitative estimate of drug-likeness (QED) is 0.285. The molecule has 5 atom stereocenters. The number of hydrogen-bond acceptors (Lipinski definition) is 6. The third kappa shape index (κ3) is 4.35. The number of hydrogen-bond donors (Lipinski definition) is 2. The van der Waals surface area contributed by atoms with Crippen molar-refractivity contribution in [2.24, 2.45) is 5.92 Å². The maximum Gasteiger partial charge on any atom is 0.310 e. The second-order valence-electron chi connectivity index (χ2n) is 13.3. The molecule has 226 valence electrons. The summed E-state index contributed by atoms with van der Waals surface area (Å²) in [4.78, 5) is 29.7. The number of nitrogens with one attached hydrogen (secondary N) is 1. The van der Waals surface area contributed by atoms with E-state index in [9.17, 15) is 14.7 Å². The van der Waals surface area contributed by atoms with Gasteiger partial charge in [-0.3, -0.25) is 14.5 Å². The number of carbonyl (C=O) groups excluding carboxylic acids is 2. The Hall–Kier alpha value is -4.10. The maximum atomic E-state index is 13.9. The van der Waals surface area contributed by atoms with Crippen LogP contribution in [0, 0.1) is 5.92 Å². The van der Waals surface area contributed by atoms with Crippen molar-refractivity contribution in [1.29, 1.82) is 0 Å². The van der Waals surface area contributed by atoms with Crippen LogP contribution in [0.5, 0.6) is 11.5 Å². The van der Waals surface area contributed by atoms with Crippen LogP contribution in [0.4, 0.5) is 0 Å². The van der Waals surface area contributed by atoms with E-state index in [1.165, 1.54) is 12.8 Å². The number of piperidine rings is 1. The van der Waals surface area contributed by atoms with E-state index in [-0.39, 0.29) is 36.1 Å². The summed E-state index contributed by atoms with van der Waals surface area (Å²) in [6.45, 7) is 1.87. The highest BCUT2D eigenvalue weighted by atomic mass is 16.6. The Kier molecular flexibility index (Phi) is 6.56. The molecule has 3 fully saturated rings. The molecular weight excluding hydrogens is 552 g/mol. The van der Waals surface area contributed by atoms with Crippen LogP contribution in [0.1, 0.15) is 54.4 Å². The van der Waals surface area contributed by atoms with Gasteiger partial charge in [-0.05, 0) is 79.8 Å². The van der Waals surface area contributed by atoms with Crippen molar-refractivity contribution in [2.45, 2.75) is 74.1 Å². The van der Waals surface area contributed by atoms with E-state index in [4.69, 9.17) is 9.47 Å². The summed E-state index contributed by atoms with van der Waals surface area (Å²) in [6, 6.07) is 23.0. The van der Waals surface area contributed by atoms with E-state index in [1.807, 2.05) is 72.8 Å². The van der Waals surface area contributed by atoms with Gasteiger partial charge in [0.25, 0.3) is 0 Å². The molecule has 5 aliphatic rings. The van der Waals surface area contributed by atoms with Gasteiger partial charge in [0, 0.05) is 18.2 Å². The molecule has 2 aliphatic heterocycles. The molecule has 1 saturated heterocycles. The number of phenols is 1. The van der Waals surface area contributed by atoms with Gasteiger partial charge in [-0.1, -0.05) is 66.7 Å². The third-order valence-corrected chi connectivity index (χ3v) is 10.8. The van der Waals surface area contributed by atoms with Gasteiger partial charge < -0.3 is 19.9 Å². The summed E-state index contributed by atoms with van der Waals surface area (Å²) in [5.74, 6) is 0.862. The van der Waals surface area contributed by atoms with Gasteiger partial charge in [0.1, 0.15) is 11.7 Å². The fraction of sp³-hybridized carbons (Fsp3) is 0.405. The van der Waals surface area contributed by atoms with Gasteiger partial charge >= 0.3 is 5.97 Å². The second-order valence-corrected chi connectivity index (χ2v) is 13.3. The lowest BCUT2D eigenvalue weighted by Crippen LogP contribution is -2.79. The first-order valence-corrected chi connectivity index (χ1v) is 16.0. The summed E-state index contributed by atoms with van der Waals surface area (Å²) in [5, 5.41) is 14.3. The van der Waals surface area contributed by atoms with Gasteiger partial charge in [0.05, 0.1) is 23.9 Å². The summed E-state index contributed by atoms with van der Waals surface area (Å²) >= 11 is 0. The van der Waals surface area contributed by atoms with Gasteiger partial charge in [-0.15, -0.1) is 0 Å². The van der Waals surface area contributed by atoms with Crippen LogP contribution >= 0.6 is 0 Å². The molecular formula is C37H38N2O5. The number of aromatic hydroxyl groups is 1. The molecule has 1 spiro atoms. The average Bonchev–Trinajstić information content (AvgIpc) is 3.78. The summed E-state index contributed by atoms with van der Waals surface area (Å²) < 4.78 is 13.6. The van der Waals surface area contributed by atoms with Crippen LogP contribution < -0.4 is 10.1 Å². The lowest BCUT2D eigenvalue weighted by atomic mass is 9.48. The Balaban J connectivity index is 1.18. The Morgan fingerprint density at radius 3 is 2.55 bits per heavy atom. The van der Waals surface area contributed by atoms with Gasteiger partial charge in [0.15, 0.2) is 11.5 Å². The smallest absolute Gasteiger partial charge is 0.310 e. The third-order valence-electron chi connectivity index (χ3n) is 10.8. The minimum Gasteiger partial charge on any atom is -0.504 e. The van der Waals surface area contributed by atoms with Crippen molar-refractivity contribution in [1.82, 2.24) is 10.2 Å². The first-order valence-electron chi connectivity index (χ1n) is 16.0. The molecule has 0 radical (unpaired) electrons. The highest BCUT2D eigenvalue weighted by Gasteiger charge is 2.75. The molecule has 2 N–H and O–H groups in total. The standard InChI is InChI=1S/C37H38N2O5/c40-29-15-14-27-22-30-37(44-32(42)21-25-9-5-2-6-10-25)18-17-28(38-31(41)16-13-24-7-3-1-4-8-24)35-36(37,33(27)34(29)43-35)19-20-39(30)23-26-11-12-26/h1-10,13-16,26,28,30,35,40H,11-12,17-23H2,(H,38,41)/b16-13+/t28-,30-,35+,36+,37-/m1/s1. The largest absolute Gasteiger partial charge is 0.504 e. The fourth-order valence-electron chi connectivity index (χ4n) is 8.78. The number of carbonyl (C=O) groups is 2. The number of phenolic OH excluding ortho intramolecular Hbond substituents is 1. The van der Waals surface area contributed by atoms with Crippen LogP contribution in [0.2, 0.25) is 0 Å². The number of nitrogens with zero attached hydrogens (tertiary/aromatic N) is 1. The molecule has 3 aromatic rings. The van der Waals surface area contributed by atoms with Crippen LogP contribution in [0.15, 0.2) is 78.9 Å². The van der Waals surface area contributed by atoms with Crippen LogP contribution in [-0.2, 0) is 32.6 Å². The summed E-state index contributed by atoms with van der Waals surface area (Å²) in [7, 11) is 0. The van der Waals surface area contributed by atoms with E-state index >= 15 is 0 Å². The molecule has 1 amide bonds. The Labute approximate surface area is 257 Å². The topological polar surface area (TPSA) is 88.1 Å². The lowest BCUT2D eigenvalue weighted by molar-refractivity contribution is -0.220. The van der Waals surface area contributed by atoms with Crippen molar-refractivity contribution < 1.29 is 24.2 Å². The molecule has 2 saturated carbocycles. The molecule has 2 heterocycles. The van der Waals surface area contributed by atoms with Crippen LogP contribution in [0.3, 0.4) is 0 Å². The Morgan fingerprint density at radius 1 is 1.00 bits per heavy atom. The molecule has 7 heteroatoms. The predicted molar refractivity (Wildman–Crippen MR) is 166 cm³/mol. The number of amides is 1. The first-order chi connectivity index (χ1) is 21.5. The molecule has 3 aromatic carbocycles. The highest BCUT2D eigenvalue weighted by Crippen LogP contribution is 2.66. The van der Waals surface area contributed by atoms with E-state index in [1.54, 1.807) is 12.1 Å². The van der Waals surface area contributed by atoms with Gasteiger partial charge in [-0.25, -0.2) is 0 Å². The molecule has 0 aromatic heterocycles. The minimum atomic E-state index is -0.830. The highest BCUT2D eigenvalue weighted by molar-refractivity contribution is 5.92. The number of likely N-dealkylation sites (tertiary alicyclic amines) is 1. The van der Waals surface area contributed by atoms with Crippen molar-refractivity contribution in [3.63, 3.8) is 0 Å². The van der Waals surface area contributed by atoms with Crippen molar-refractivity contribution in [3.05, 3.63) is 101 Å². The summed E-state index contributed by atoms with van der Waals surface area (Å²) in [6.07, 6.45) is 8.30. The second kappa shape index (κ2) is 10.5. The normalized spacial score (nSPS) is 30.0. The van der Waals surface area contributed by atoms with E-state index in [0.29, 0.717) is 24.5 Å². The molecule has 8 rings (SSSR count). The first kappa shape index (κ1) is 27.4. The molecule has 44 heavy (non-hydrogen) atoms. The van der Waals surface area contributed by atoms with E-state index in [2.05, 4.69) is 10.2 Å². The minimum absolute atomic E-state index is 0.000272.